The van der Waals surface area contributed by atoms with Crippen molar-refractivity contribution in [3.8, 4) is 17.2 Å². The molecule has 0 spiro atoms. The fourth-order valence-corrected chi connectivity index (χ4v) is 4.33. The zero-order chi connectivity index (χ0) is 23.9. The van der Waals surface area contributed by atoms with Crippen molar-refractivity contribution < 1.29 is 19.0 Å². The first kappa shape index (κ1) is 23.8. The van der Waals surface area contributed by atoms with Crippen LogP contribution in [0.15, 0.2) is 65.6 Å². The first-order valence-electron chi connectivity index (χ1n) is 11.4. The van der Waals surface area contributed by atoms with Crippen LogP contribution in [-0.4, -0.2) is 39.0 Å². The van der Waals surface area contributed by atoms with Crippen molar-refractivity contribution in [2.75, 3.05) is 38.0 Å². The quantitative estimate of drug-likeness (QED) is 0.421. The van der Waals surface area contributed by atoms with E-state index in [1.54, 1.807) is 18.9 Å². The number of nitrogens with one attached hydrogen (secondary N) is 1. The van der Waals surface area contributed by atoms with E-state index in [9.17, 15) is 4.79 Å². The highest BCUT2D eigenvalue weighted by Crippen LogP contribution is 2.40. The summed E-state index contributed by atoms with van der Waals surface area (Å²) in [7, 11) is 1.64. The smallest absolute Gasteiger partial charge is 0.251 e. The zero-order valence-corrected chi connectivity index (χ0v) is 20.6. The number of fused-ring (bicyclic) bond motifs is 1. The van der Waals surface area contributed by atoms with E-state index in [4.69, 9.17) is 14.2 Å². The third kappa shape index (κ3) is 5.42. The van der Waals surface area contributed by atoms with Gasteiger partial charge in [0.15, 0.2) is 11.5 Å². The molecule has 3 aromatic carbocycles. The van der Waals surface area contributed by atoms with Crippen LogP contribution < -0.4 is 24.4 Å². The van der Waals surface area contributed by atoms with Gasteiger partial charge in [0, 0.05) is 35.3 Å². The molecule has 0 unspecified atom stereocenters. The molecule has 0 bridgehead atoms. The van der Waals surface area contributed by atoms with Gasteiger partial charge in [-0.05, 0) is 67.6 Å². The Morgan fingerprint density at radius 2 is 1.91 bits per heavy atom. The molecule has 0 fully saturated rings. The molecule has 0 aromatic heterocycles. The molecule has 1 amide bonds. The van der Waals surface area contributed by atoms with Gasteiger partial charge < -0.3 is 24.4 Å². The number of rotatable bonds is 8. The number of methoxy groups -OCH3 is 1. The van der Waals surface area contributed by atoms with Gasteiger partial charge in [0.25, 0.3) is 5.91 Å². The number of thioether (sulfide) groups is 1. The minimum absolute atomic E-state index is 0.126. The van der Waals surface area contributed by atoms with Gasteiger partial charge in [-0.15, -0.1) is 11.8 Å². The molecule has 0 atom stereocenters. The molecule has 1 heterocycles. The van der Waals surface area contributed by atoms with E-state index in [1.165, 1.54) is 4.90 Å². The Labute approximate surface area is 205 Å². The van der Waals surface area contributed by atoms with Crippen LogP contribution in [0, 0.1) is 0 Å². The summed E-state index contributed by atoms with van der Waals surface area (Å²) in [6, 6.07) is 19.7. The first-order chi connectivity index (χ1) is 16.6. The number of carbonyl (C=O) groups is 1. The normalized spacial score (nSPS) is 12.9. The fourth-order valence-electron chi connectivity index (χ4n) is 3.92. The SMILES string of the molecule is CCOc1cc(N2CCCOc3cc(C(=O)NCc4ccc(SC)cc4)ccc32)ccc1OC. The number of nitrogens with zero attached hydrogens (tertiary/aromatic N) is 1. The number of benzene rings is 3. The maximum absolute atomic E-state index is 12.8. The number of carbonyl (C=O) groups excluding carboxylic acids is 1. The minimum Gasteiger partial charge on any atom is -0.493 e. The number of anilines is 2. The molecule has 1 aliphatic rings. The molecule has 1 aliphatic heterocycles. The van der Waals surface area contributed by atoms with Crippen molar-refractivity contribution in [3.05, 3.63) is 71.8 Å². The zero-order valence-electron chi connectivity index (χ0n) is 19.8. The van der Waals surface area contributed by atoms with Crippen molar-refractivity contribution in [3.63, 3.8) is 0 Å². The lowest BCUT2D eigenvalue weighted by Gasteiger charge is -2.25. The van der Waals surface area contributed by atoms with Gasteiger partial charge >= 0.3 is 0 Å². The summed E-state index contributed by atoms with van der Waals surface area (Å²) in [5.74, 6) is 1.98. The molecule has 0 saturated carbocycles. The molecule has 3 aromatic rings. The summed E-state index contributed by atoms with van der Waals surface area (Å²) in [6.45, 7) is 4.36. The van der Waals surface area contributed by atoms with E-state index in [2.05, 4.69) is 22.3 Å². The standard InChI is InChI=1S/C27H30N2O4S/c1-4-32-26-17-21(9-13-24(26)31-2)29-14-5-15-33-25-16-20(8-12-23(25)29)27(30)28-18-19-6-10-22(34-3)11-7-19/h6-13,16-17H,4-5,14-15,18H2,1-3H3,(H,28,30). The summed E-state index contributed by atoms with van der Waals surface area (Å²) in [6.07, 6.45) is 2.91. The Hall–Kier alpha value is -3.32. The van der Waals surface area contributed by atoms with Gasteiger partial charge in [-0.1, -0.05) is 12.1 Å². The Kier molecular flexibility index (Phi) is 7.85. The molecule has 0 radical (unpaired) electrons. The highest BCUT2D eigenvalue weighted by atomic mass is 32.2. The lowest BCUT2D eigenvalue weighted by molar-refractivity contribution is 0.0950. The molecule has 6 nitrogen and oxygen atoms in total. The second-order valence-electron chi connectivity index (χ2n) is 7.84. The molecule has 4 rings (SSSR count). The molecule has 178 valence electrons. The van der Waals surface area contributed by atoms with E-state index in [-0.39, 0.29) is 5.91 Å². The van der Waals surface area contributed by atoms with Crippen LogP contribution in [0.5, 0.6) is 17.2 Å². The van der Waals surface area contributed by atoms with Crippen molar-refractivity contribution in [1.29, 1.82) is 0 Å². The summed E-state index contributed by atoms with van der Waals surface area (Å²) in [4.78, 5) is 16.2. The highest BCUT2D eigenvalue weighted by molar-refractivity contribution is 7.98. The minimum atomic E-state index is -0.126. The molecule has 0 saturated heterocycles. The monoisotopic (exact) mass is 478 g/mol. The van der Waals surface area contributed by atoms with Crippen molar-refractivity contribution in [2.45, 2.75) is 24.8 Å². The van der Waals surface area contributed by atoms with Crippen LogP contribution in [-0.2, 0) is 6.54 Å². The van der Waals surface area contributed by atoms with E-state index < -0.39 is 0 Å². The summed E-state index contributed by atoms with van der Waals surface area (Å²) in [5, 5.41) is 3.01. The van der Waals surface area contributed by atoms with E-state index >= 15 is 0 Å². The Bertz CT molecular complexity index is 1130. The largest absolute Gasteiger partial charge is 0.493 e. The summed E-state index contributed by atoms with van der Waals surface area (Å²) in [5.41, 5.74) is 3.55. The van der Waals surface area contributed by atoms with Gasteiger partial charge in [0.2, 0.25) is 0 Å². The average Bonchev–Trinajstić information content (AvgIpc) is 3.09. The molecular weight excluding hydrogens is 448 g/mol. The number of hydrogen-bond donors (Lipinski definition) is 1. The van der Waals surface area contributed by atoms with E-state index in [0.29, 0.717) is 42.6 Å². The van der Waals surface area contributed by atoms with Crippen molar-refractivity contribution >= 4 is 29.0 Å². The second kappa shape index (κ2) is 11.2. The lowest BCUT2D eigenvalue weighted by Crippen LogP contribution is -2.23. The highest BCUT2D eigenvalue weighted by Gasteiger charge is 2.21. The molecular formula is C27H30N2O4S. The summed E-state index contributed by atoms with van der Waals surface area (Å²) < 4.78 is 17.2. The number of ether oxygens (including phenoxy) is 3. The van der Waals surface area contributed by atoms with E-state index in [0.717, 1.165) is 29.9 Å². The van der Waals surface area contributed by atoms with Gasteiger partial charge in [0.05, 0.1) is 26.0 Å². The van der Waals surface area contributed by atoms with Crippen molar-refractivity contribution in [1.82, 2.24) is 5.32 Å². The average molecular weight is 479 g/mol. The number of amides is 1. The van der Waals surface area contributed by atoms with Gasteiger partial charge in [0.1, 0.15) is 5.75 Å². The third-order valence-corrected chi connectivity index (χ3v) is 6.41. The van der Waals surface area contributed by atoms with Crippen LogP contribution in [0.1, 0.15) is 29.3 Å². The summed E-state index contributed by atoms with van der Waals surface area (Å²) >= 11 is 1.70. The topological polar surface area (TPSA) is 60.0 Å². The maximum atomic E-state index is 12.8. The van der Waals surface area contributed by atoms with Gasteiger partial charge in [-0.2, -0.15) is 0 Å². The lowest BCUT2D eigenvalue weighted by atomic mass is 10.1. The van der Waals surface area contributed by atoms with Crippen molar-refractivity contribution in [2.24, 2.45) is 0 Å². The number of hydrogen-bond acceptors (Lipinski definition) is 6. The Morgan fingerprint density at radius 1 is 1.09 bits per heavy atom. The molecule has 0 aliphatic carbocycles. The van der Waals surface area contributed by atoms with Crippen LogP contribution in [0.4, 0.5) is 11.4 Å². The van der Waals surface area contributed by atoms with Crippen LogP contribution >= 0.6 is 11.8 Å². The molecule has 1 N–H and O–H groups in total. The third-order valence-electron chi connectivity index (χ3n) is 5.67. The molecule has 7 heteroatoms. The Morgan fingerprint density at radius 3 is 2.65 bits per heavy atom. The van der Waals surface area contributed by atoms with Gasteiger partial charge in [-0.3, -0.25) is 4.79 Å². The Balaban J connectivity index is 1.54. The fraction of sp³-hybridized carbons (Fsp3) is 0.296. The van der Waals surface area contributed by atoms with Crippen LogP contribution in [0.2, 0.25) is 0 Å². The first-order valence-corrected chi connectivity index (χ1v) is 12.6. The predicted octanol–water partition coefficient (Wildman–Crippen LogP) is 5.67. The van der Waals surface area contributed by atoms with E-state index in [1.807, 2.05) is 61.7 Å². The maximum Gasteiger partial charge on any atom is 0.251 e. The molecule has 34 heavy (non-hydrogen) atoms. The predicted molar refractivity (Wildman–Crippen MR) is 137 cm³/mol. The second-order valence-corrected chi connectivity index (χ2v) is 8.71. The van der Waals surface area contributed by atoms with Crippen LogP contribution in [0.25, 0.3) is 0 Å². The van der Waals surface area contributed by atoms with Crippen LogP contribution in [0.3, 0.4) is 0 Å². The van der Waals surface area contributed by atoms with Gasteiger partial charge in [-0.25, -0.2) is 0 Å².